The van der Waals surface area contributed by atoms with Crippen molar-refractivity contribution in [2.24, 2.45) is 23.7 Å². The maximum atomic E-state index is 13.8. The number of likely N-dealkylation sites (tertiary alicyclic amines) is 2. The van der Waals surface area contributed by atoms with Gasteiger partial charge in [0.25, 0.3) is 11.1 Å². The van der Waals surface area contributed by atoms with Crippen LogP contribution in [0, 0.1) is 23.7 Å². The number of aromatic nitrogens is 4. The highest BCUT2D eigenvalue weighted by Gasteiger charge is 2.58. The molecule has 8 atom stereocenters. The average Bonchev–Trinajstić information content (AvgIpc) is 3.69. The zero-order chi connectivity index (χ0) is 45.9. The van der Waals surface area contributed by atoms with Gasteiger partial charge in [0.2, 0.25) is 11.8 Å². The Labute approximate surface area is 386 Å². The molecule has 0 saturated carbocycles. The number of nitrogens with zero attached hydrogens (tertiary/aromatic N) is 8. The van der Waals surface area contributed by atoms with E-state index in [1.807, 2.05) is 118 Å². The lowest BCUT2D eigenvalue weighted by atomic mass is 9.85. The number of rotatable bonds is 10. The van der Waals surface area contributed by atoms with Crippen molar-refractivity contribution in [3.05, 3.63) is 140 Å². The fourth-order valence-electron chi connectivity index (χ4n) is 12.1. The van der Waals surface area contributed by atoms with Gasteiger partial charge in [-0.3, -0.25) is 38.9 Å². The van der Waals surface area contributed by atoms with Crippen LogP contribution in [0.1, 0.15) is 98.4 Å². The molecule has 4 fully saturated rings. The molecule has 0 aliphatic carbocycles. The minimum atomic E-state index is -0.373. The van der Waals surface area contributed by atoms with Crippen LogP contribution in [0.4, 0.5) is 0 Å². The van der Waals surface area contributed by atoms with Crippen molar-refractivity contribution >= 4 is 24.0 Å². The lowest BCUT2D eigenvalue weighted by molar-refractivity contribution is -0.140. The number of amides is 2. The third-order valence-electron chi connectivity index (χ3n) is 15.1. The molecule has 10 heterocycles. The van der Waals surface area contributed by atoms with Crippen LogP contribution in [-0.4, -0.2) is 112 Å². The molecule has 0 unspecified atom stereocenters. The van der Waals surface area contributed by atoms with E-state index >= 15 is 0 Å². The van der Waals surface area contributed by atoms with Crippen molar-refractivity contribution in [1.82, 2.24) is 38.7 Å². The molecular formula is C52H64N8O6. The molecule has 4 aromatic heterocycles. The highest BCUT2D eigenvalue weighted by atomic mass is 16.3. The molecule has 0 radical (unpaired) electrons. The first-order valence-corrected chi connectivity index (χ1v) is 24.1. The lowest BCUT2D eigenvalue weighted by Crippen LogP contribution is -2.46. The first-order valence-electron chi connectivity index (χ1n) is 24.1. The van der Waals surface area contributed by atoms with Crippen molar-refractivity contribution in [1.29, 1.82) is 0 Å². The number of pyridine rings is 4. The van der Waals surface area contributed by atoms with Gasteiger partial charge < -0.3 is 29.1 Å². The van der Waals surface area contributed by atoms with E-state index in [9.17, 15) is 29.4 Å². The molecule has 14 nitrogen and oxygen atoms in total. The van der Waals surface area contributed by atoms with E-state index in [4.69, 9.17) is 0 Å². The van der Waals surface area contributed by atoms with Crippen molar-refractivity contribution in [2.75, 3.05) is 39.4 Å². The Morgan fingerprint density at radius 3 is 1.35 bits per heavy atom. The molecule has 0 spiro atoms. The van der Waals surface area contributed by atoms with E-state index in [-0.39, 0.29) is 84.0 Å². The molecule has 348 valence electrons. The molecular weight excluding hydrogens is 833 g/mol. The Morgan fingerprint density at radius 1 is 0.591 bits per heavy atom. The number of carbonyl (C=O) groups excluding carboxylic acids is 2. The number of hydrogen-bond donors (Lipinski definition) is 2. The van der Waals surface area contributed by atoms with Gasteiger partial charge >= 0.3 is 0 Å². The molecule has 14 heteroatoms. The summed E-state index contributed by atoms with van der Waals surface area (Å²) in [4.78, 5) is 71.9. The highest BCUT2D eigenvalue weighted by Crippen LogP contribution is 2.51. The highest BCUT2D eigenvalue weighted by molar-refractivity contribution is 5.82. The summed E-state index contributed by atoms with van der Waals surface area (Å²) in [5.41, 5.74) is 4.84. The molecule has 66 heavy (non-hydrogen) atoms. The van der Waals surface area contributed by atoms with Crippen molar-refractivity contribution in [3.8, 4) is 0 Å². The summed E-state index contributed by atoms with van der Waals surface area (Å²) in [6, 6.07) is 18.7. The smallest absolute Gasteiger partial charge is 0.258 e. The van der Waals surface area contributed by atoms with E-state index in [1.54, 1.807) is 12.4 Å². The maximum absolute atomic E-state index is 13.8. The zero-order valence-corrected chi connectivity index (χ0v) is 38.3. The van der Waals surface area contributed by atoms with E-state index in [2.05, 4.69) is 19.8 Å². The van der Waals surface area contributed by atoms with Gasteiger partial charge in [0.15, 0.2) is 0 Å². The molecule has 0 aromatic carbocycles. The number of piperidine rings is 2. The topological polar surface area (TPSA) is 157 Å². The number of aliphatic hydroxyl groups is 2. The molecule has 6 aliphatic rings. The van der Waals surface area contributed by atoms with Crippen LogP contribution in [-0.2, 0) is 35.8 Å². The van der Waals surface area contributed by atoms with Gasteiger partial charge in [-0.05, 0) is 101 Å². The first-order chi connectivity index (χ1) is 32.3. The van der Waals surface area contributed by atoms with Crippen molar-refractivity contribution in [3.63, 3.8) is 0 Å². The zero-order valence-electron chi connectivity index (χ0n) is 38.3. The number of allylic oxidation sites excluding steroid dienone is 2. The predicted molar refractivity (Wildman–Crippen MR) is 252 cm³/mol. The Hall–Kier alpha value is -5.54. The second-order valence-electron chi connectivity index (χ2n) is 18.8. The molecule has 2 N–H and O–H groups in total. The van der Waals surface area contributed by atoms with Crippen molar-refractivity contribution in [2.45, 2.75) is 103 Å². The third-order valence-corrected chi connectivity index (χ3v) is 15.1. The predicted octanol–water partition coefficient (Wildman–Crippen LogP) is 4.91. The largest absolute Gasteiger partial charge is 0.396 e. The minimum absolute atomic E-state index is 0.0270. The second kappa shape index (κ2) is 20.1. The molecule has 2 amide bonds. The van der Waals surface area contributed by atoms with Crippen molar-refractivity contribution < 1.29 is 19.8 Å². The number of aliphatic hydroxyl groups excluding tert-OH is 2. The van der Waals surface area contributed by atoms with Crippen LogP contribution in [0.25, 0.3) is 12.2 Å². The molecule has 4 bridgehead atoms. The summed E-state index contributed by atoms with van der Waals surface area (Å²) in [5, 5.41) is 21.0. The Bertz CT molecular complexity index is 2360. The van der Waals surface area contributed by atoms with Crippen LogP contribution in [0.5, 0.6) is 0 Å². The van der Waals surface area contributed by atoms with Gasteiger partial charge in [-0.1, -0.05) is 36.4 Å². The van der Waals surface area contributed by atoms with Crippen LogP contribution in [0.2, 0.25) is 0 Å². The minimum Gasteiger partial charge on any atom is -0.396 e. The van der Waals surface area contributed by atoms with Gasteiger partial charge in [0.1, 0.15) is 0 Å². The van der Waals surface area contributed by atoms with E-state index in [0.29, 0.717) is 37.3 Å². The monoisotopic (exact) mass is 896 g/mol. The number of hydrogen-bond acceptors (Lipinski definition) is 10. The average molecular weight is 897 g/mol. The normalized spacial score (nSPS) is 27.2. The number of carbonyl (C=O) groups is 2. The summed E-state index contributed by atoms with van der Waals surface area (Å²) < 4.78 is 3.68. The van der Waals surface area contributed by atoms with E-state index in [0.717, 1.165) is 87.5 Å². The van der Waals surface area contributed by atoms with E-state index in [1.165, 1.54) is 0 Å². The Morgan fingerprint density at radius 2 is 1.00 bits per heavy atom. The van der Waals surface area contributed by atoms with Gasteiger partial charge in [0.05, 0.1) is 35.3 Å². The van der Waals surface area contributed by atoms with Gasteiger partial charge in [-0.2, -0.15) is 0 Å². The van der Waals surface area contributed by atoms with E-state index < -0.39 is 0 Å². The summed E-state index contributed by atoms with van der Waals surface area (Å²) in [6.45, 7) is 8.86. The SMILES string of the molecule is C/C=C/c1ccc2n(c1=O)C[C@H]1[C@H](CO)[C@@H](C(=O)N3CCCCC3)[C@@H]2N1Cc1ccccn1.C/C=C\c1ccc2n(c1=O)C[C@H]1[C@H](CO)[C@@H](C(=O)N3CCCCC3)[C@@H]2N1Cc1ccccn1. The lowest BCUT2D eigenvalue weighted by Gasteiger charge is -2.38. The third kappa shape index (κ3) is 8.53. The van der Waals surface area contributed by atoms with Gasteiger partial charge in [0, 0.05) is 124 Å². The molecule has 4 aromatic rings. The van der Waals surface area contributed by atoms with Crippen LogP contribution in [0.3, 0.4) is 0 Å². The van der Waals surface area contributed by atoms with Gasteiger partial charge in [-0.25, -0.2) is 0 Å². The fraction of sp³-hybridized carbons (Fsp3) is 0.500. The van der Waals surface area contributed by atoms with Crippen LogP contribution in [0.15, 0.2) is 94.8 Å². The summed E-state index contributed by atoms with van der Waals surface area (Å²) in [5.74, 6) is -0.961. The number of fused-ring (bicyclic) bond motifs is 8. The first kappa shape index (κ1) is 45.6. The summed E-state index contributed by atoms with van der Waals surface area (Å²) in [7, 11) is 0. The maximum Gasteiger partial charge on any atom is 0.258 e. The van der Waals surface area contributed by atoms with Crippen LogP contribution >= 0.6 is 0 Å². The van der Waals surface area contributed by atoms with Gasteiger partial charge in [-0.15, -0.1) is 0 Å². The molecule has 6 aliphatic heterocycles. The fourth-order valence-corrected chi connectivity index (χ4v) is 12.1. The molecule has 10 rings (SSSR count). The molecule has 4 saturated heterocycles. The Balaban J connectivity index is 0.000000166. The Kier molecular flexibility index (Phi) is 13.9. The second-order valence-corrected chi connectivity index (χ2v) is 18.8. The summed E-state index contributed by atoms with van der Waals surface area (Å²) >= 11 is 0. The van der Waals surface area contributed by atoms with Crippen LogP contribution < -0.4 is 11.1 Å². The summed E-state index contributed by atoms with van der Waals surface area (Å²) in [6.07, 6.45) is 17.4. The standard InChI is InChI=1S/2C26H32N4O3/c2*1-2-8-18-10-11-21-24-23(26(33)28-13-6-3-7-14-28)20(17-31)22(16-30(21)25(18)32)29(24)15-19-9-4-5-12-27-19/h2*2,4-5,8-12,20,22-24,31H,3,6-7,13-17H2,1H3/b8-2+;8-2-/t2*20-,22-,23+,24+/m00/s1. The quantitative estimate of drug-likeness (QED) is 0.225.